The molecule has 4 rings (SSSR count). The third-order valence-electron chi connectivity index (χ3n) is 4.76. The van der Waals surface area contributed by atoms with E-state index in [9.17, 15) is 9.59 Å². The van der Waals surface area contributed by atoms with Gasteiger partial charge in [-0.15, -0.1) is 0 Å². The van der Waals surface area contributed by atoms with E-state index in [1.807, 2.05) is 0 Å². The standard InChI is InChI=1S/C26H20N4O4/c1-3-6-25(31)29-21-15-19-20(16-23(21)33-2)27-14-12-22(19)34-18-10-8-17(9-11-18)26(32)30-24-7-4-5-13-28-24/h4-5,7-16H,1-2H3,(H,29,31)(H,28,30,32). The van der Waals surface area contributed by atoms with E-state index >= 15 is 0 Å². The predicted molar refractivity (Wildman–Crippen MR) is 129 cm³/mol. The molecule has 2 heterocycles. The topological polar surface area (TPSA) is 102 Å². The van der Waals surface area contributed by atoms with Gasteiger partial charge in [0.2, 0.25) is 0 Å². The molecule has 0 saturated heterocycles. The third-order valence-corrected chi connectivity index (χ3v) is 4.76. The van der Waals surface area contributed by atoms with Crippen molar-refractivity contribution in [1.29, 1.82) is 0 Å². The van der Waals surface area contributed by atoms with E-state index in [0.717, 1.165) is 0 Å². The van der Waals surface area contributed by atoms with E-state index < -0.39 is 5.91 Å². The molecule has 2 amide bonds. The molecule has 0 fully saturated rings. The number of ether oxygens (including phenoxy) is 2. The van der Waals surface area contributed by atoms with Gasteiger partial charge in [-0.25, -0.2) is 4.98 Å². The fourth-order valence-corrected chi connectivity index (χ4v) is 3.20. The molecule has 8 heteroatoms. The summed E-state index contributed by atoms with van der Waals surface area (Å²) in [6.07, 6.45) is 3.22. The minimum Gasteiger partial charge on any atom is -0.494 e. The molecule has 0 aliphatic rings. The number of hydrogen-bond donors (Lipinski definition) is 2. The first kappa shape index (κ1) is 22.3. The molecule has 0 aliphatic heterocycles. The van der Waals surface area contributed by atoms with Gasteiger partial charge in [0.1, 0.15) is 23.1 Å². The number of carbonyl (C=O) groups is 2. The van der Waals surface area contributed by atoms with Crippen molar-refractivity contribution in [3.63, 3.8) is 0 Å². The van der Waals surface area contributed by atoms with Crippen molar-refractivity contribution in [2.45, 2.75) is 6.92 Å². The van der Waals surface area contributed by atoms with Crippen molar-refractivity contribution in [3.8, 4) is 29.1 Å². The number of hydrogen-bond acceptors (Lipinski definition) is 6. The van der Waals surface area contributed by atoms with Crippen molar-refractivity contribution in [2.75, 3.05) is 17.7 Å². The van der Waals surface area contributed by atoms with Crippen LogP contribution in [0.5, 0.6) is 17.2 Å². The van der Waals surface area contributed by atoms with Gasteiger partial charge in [-0.3, -0.25) is 14.6 Å². The highest BCUT2D eigenvalue weighted by molar-refractivity contribution is 6.06. The number of aromatic nitrogens is 2. The molecule has 4 aromatic rings. The molecule has 2 N–H and O–H groups in total. The Balaban J connectivity index is 1.58. The summed E-state index contributed by atoms with van der Waals surface area (Å²) < 4.78 is 11.4. The Bertz CT molecular complexity index is 1410. The molecule has 0 radical (unpaired) electrons. The average molecular weight is 452 g/mol. The van der Waals surface area contributed by atoms with Gasteiger partial charge in [0.15, 0.2) is 0 Å². The lowest BCUT2D eigenvalue weighted by Crippen LogP contribution is -2.12. The second-order valence-corrected chi connectivity index (χ2v) is 7.00. The number of amides is 2. The highest BCUT2D eigenvalue weighted by Gasteiger charge is 2.13. The van der Waals surface area contributed by atoms with Crippen molar-refractivity contribution in [1.82, 2.24) is 9.97 Å². The molecule has 0 atom stereocenters. The van der Waals surface area contributed by atoms with Gasteiger partial charge in [-0.2, -0.15) is 0 Å². The number of benzene rings is 2. The van der Waals surface area contributed by atoms with Gasteiger partial charge in [0, 0.05) is 29.4 Å². The molecule has 0 unspecified atom stereocenters. The van der Waals surface area contributed by atoms with E-state index in [1.165, 1.54) is 7.11 Å². The third kappa shape index (κ3) is 5.11. The van der Waals surface area contributed by atoms with Crippen molar-refractivity contribution < 1.29 is 19.1 Å². The summed E-state index contributed by atoms with van der Waals surface area (Å²) in [4.78, 5) is 32.9. The van der Waals surface area contributed by atoms with E-state index in [4.69, 9.17) is 9.47 Å². The quantitative estimate of drug-likeness (QED) is 0.413. The molecule has 2 aromatic heterocycles. The maximum Gasteiger partial charge on any atom is 0.300 e. The minimum absolute atomic E-state index is 0.276. The fraction of sp³-hybridized carbons (Fsp3) is 0.0769. The number of nitrogens with zero attached hydrogens (tertiary/aromatic N) is 2. The van der Waals surface area contributed by atoms with Gasteiger partial charge in [0.05, 0.1) is 18.3 Å². The monoisotopic (exact) mass is 452 g/mol. The first-order valence-electron chi connectivity index (χ1n) is 10.3. The van der Waals surface area contributed by atoms with Crippen LogP contribution in [0.4, 0.5) is 11.5 Å². The zero-order chi connectivity index (χ0) is 23.9. The Kier molecular flexibility index (Phi) is 6.65. The van der Waals surface area contributed by atoms with Crippen LogP contribution in [0.1, 0.15) is 17.3 Å². The van der Waals surface area contributed by atoms with Crippen molar-refractivity contribution in [2.24, 2.45) is 0 Å². The van der Waals surface area contributed by atoms with Gasteiger partial charge in [0.25, 0.3) is 11.8 Å². The maximum absolute atomic E-state index is 12.4. The number of methoxy groups -OCH3 is 1. The van der Waals surface area contributed by atoms with Crippen LogP contribution in [0, 0.1) is 11.8 Å². The lowest BCUT2D eigenvalue weighted by molar-refractivity contribution is -0.111. The Labute approximate surface area is 196 Å². The average Bonchev–Trinajstić information content (AvgIpc) is 2.85. The fourth-order valence-electron chi connectivity index (χ4n) is 3.20. The smallest absolute Gasteiger partial charge is 0.300 e. The van der Waals surface area contributed by atoms with Crippen molar-refractivity contribution in [3.05, 3.63) is 78.6 Å². The largest absolute Gasteiger partial charge is 0.494 e. The summed E-state index contributed by atoms with van der Waals surface area (Å²) in [7, 11) is 1.51. The summed E-state index contributed by atoms with van der Waals surface area (Å²) in [5.74, 6) is 6.24. The van der Waals surface area contributed by atoms with E-state index in [-0.39, 0.29) is 5.91 Å². The summed E-state index contributed by atoms with van der Waals surface area (Å²) in [6.45, 7) is 1.58. The Hall–Kier alpha value is -4.90. The highest BCUT2D eigenvalue weighted by atomic mass is 16.5. The molecule has 2 aromatic carbocycles. The second-order valence-electron chi connectivity index (χ2n) is 7.00. The first-order valence-corrected chi connectivity index (χ1v) is 10.3. The maximum atomic E-state index is 12.4. The van der Waals surface area contributed by atoms with Gasteiger partial charge in [-0.05, 0) is 61.4 Å². The Morgan fingerprint density at radius 1 is 0.912 bits per heavy atom. The molecule has 0 spiro atoms. The first-order chi connectivity index (χ1) is 16.6. The van der Waals surface area contributed by atoms with Crippen LogP contribution >= 0.6 is 0 Å². The molecule has 168 valence electrons. The molecule has 0 aliphatic carbocycles. The number of nitrogens with one attached hydrogen (secondary N) is 2. The number of pyridine rings is 2. The normalized spacial score (nSPS) is 10.1. The van der Waals surface area contributed by atoms with E-state index in [2.05, 4.69) is 32.4 Å². The Morgan fingerprint density at radius 2 is 1.74 bits per heavy atom. The molecular weight excluding hydrogens is 432 g/mol. The SMILES string of the molecule is CC#CC(=O)Nc1cc2c(Oc3ccc(C(=O)Nc4ccccn4)cc3)ccnc2cc1OC. The molecule has 0 bridgehead atoms. The van der Waals surface area contributed by atoms with Crippen LogP contribution in [0.3, 0.4) is 0 Å². The van der Waals surface area contributed by atoms with Crippen LogP contribution in [0.15, 0.2) is 73.1 Å². The lowest BCUT2D eigenvalue weighted by Gasteiger charge is -2.13. The van der Waals surface area contributed by atoms with Crippen LogP contribution in [0.2, 0.25) is 0 Å². The number of carbonyl (C=O) groups excluding carboxylic acids is 2. The Morgan fingerprint density at radius 3 is 2.44 bits per heavy atom. The summed E-state index contributed by atoms with van der Waals surface area (Å²) in [5, 5.41) is 6.12. The second kappa shape index (κ2) is 10.1. The zero-order valence-electron chi connectivity index (χ0n) is 18.5. The van der Waals surface area contributed by atoms with Crippen molar-refractivity contribution >= 4 is 34.2 Å². The van der Waals surface area contributed by atoms with E-state index in [0.29, 0.717) is 45.2 Å². The van der Waals surface area contributed by atoms with Crippen LogP contribution in [-0.2, 0) is 4.79 Å². The summed E-state index contributed by atoms with van der Waals surface area (Å²) in [5.41, 5.74) is 1.53. The molecule has 0 saturated carbocycles. The van der Waals surface area contributed by atoms with Gasteiger partial charge >= 0.3 is 0 Å². The molecule has 34 heavy (non-hydrogen) atoms. The lowest BCUT2D eigenvalue weighted by atomic mass is 10.1. The zero-order valence-corrected chi connectivity index (χ0v) is 18.5. The van der Waals surface area contributed by atoms with Crippen LogP contribution < -0.4 is 20.1 Å². The molecular formula is C26H20N4O4. The number of anilines is 2. The van der Waals surface area contributed by atoms with E-state index in [1.54, 1.807) is 80.0 Å². The van der Waals surface area contributed by atoms with Gasteiger partial charge < -0.3 is 20.1 Å². The van der Waals surface area contributed by atoms with Crippen LogP contribution in [-0.4, -0.2) is 28.9 Å². The summed E-state index contributed by atoms with van der Waals surface area (Å²) >= 11 is 0. The van der Waals surface area contributed by atoms with Gasteiger partial charge in [-0.1, -0.05) is 12.0 Å². The predicted octanol–water partition coefficient (Wildman–Crippen LogP) is 4.64. The number of fused-ring (bicyclic) bond motifs is 1. The molecule has 8 nitrogen and oxygen atoms in total. The minimum atomic E-state index is -0.453. The van der Waals surface area contributed by atoms with Crippen LogP contribution in [0.25, 0.3) is 10.9 Å². The highest BCUT2D eigenvalue weighted by Crippen LogP contribution is 2.35. The number of rotatable bonds is 6. The summed E-state index contributed by atoms with van der Waals surface area (Å²) in [6, 6.07) is 17.1.